The van der Waals surface area contributed by atoms with E-state index in [-0.39, 0.29) is 11.0 Å². The Morgan fingerprint density at radius 3 is 1.92 bits per heavy atom. The van der Waals surface area contributed by atoms with E-state index < -0.39 is 0 Å². The monoisotopic (exact) mass is 193 g/mol. The maximum atomic E-state index is 6.05. The molecule has 0 atom stereocenters. The molecule has 0 aromatic heterocycles. The molecule has 12 heavy (non-hydrogen) atoms. The topological polar surface area (TPSA) is 35.0 Å². The fourth-order valence-electron chi connectivity index (χ4n) is 1.15. The maximum absolute atomic E-state index is 6.05. The van der Waals surface area contributed by atoms with Crippen LogP contribution in [-0.4, -0.2) is 4.87 Å². The fourth-order valence-corrected chi connectivity index (χ4v) is 1.28. The van der Waals surface area contributed by atoms with Crippen LogP contribution in [-0.2, 0) is 0 Å². The summed E-state index contributed by atoms with van der Waals surface area (Å²) in [4.78, 5) is 0.0201. The Hall–Kier alpha value is 0.250. The standard InChI is InChI=1S/C10H21Cl.H3N/c1-4-5-6-7-8-9-10(2,3)11;/h4-9H2,1-3H3;1H3. The lowest BCUT2D eigenvalue weighted by Crippen LogP contribution is -2.08. The van der Waals surface area contributed by atoms with Gasteiger partial charge in [0.2, 0.25) is 0 Å². The molecule has 0 unspecified atom stereocenters. The number of rotatable bonds is 6. The van der Waals surface area contributed by atoms with Crippen molar-refractivity contribution < 1.29 is 0 Å². The van der Waals surface area contributed by atoms with Gasteiger partial charge in [-0.3, -0.25) is 0 Å². The lowest BCUT2D eigenvalue weighted by molar-refractivity contribution is 0.543. The van der Waals surface area contributed by atoms with Crippen LogP contribution in [0.3, 0.4) is 0 Å². The first-order valence-corrected chi connectivity index (χ1v) is 5.13. The summed E-state index contributed by atoms with van der Waals surface area (Å²) in [5.74, 6) is 0. The zero-order chi connectivity index (χ0) is 8.74. The van der Waals surface area contributed by atoms with Gasteiger partial charge in [-0.15, -0.1) is 11.6 Å². The minimum atomic E-state index is 0. The second-order valence-electron chi connectivity index (χ2n) is 3.88. The van der Waals surface area contributed by atoms with Crippen molar-refractivity contribution in [2.45, 2.75) is 64.2 Å². The minimum Gasteiger partial charge on any atom is -0.344 e. The summed E-state index contributed by atoms with van der Waals surface area (Å²) in [5, 5.41) is 0. The normalized spacial score (nSPS) is 11.0. The van der Waals surface area contributed by atoms with Crippen LogP contribution in [0.25, 0.3) is 0 Å². The number of hydrogen-bond acceptors (Lipinski definition) is 1. The van der Waals surface area contributed by atoms with Gasteiger partial charge >= 0.3 is 0 Å². The molecule has 2 heteroatoms. The van der Waals surface area contributed by atoms with Crippen molar-refractivity contribution in [3.63, 3.8) is 0 Å². The molecule has 0 aliphatic rings. The molecule has 0 bridgehead atoms. The molecule has 0 aromatic rings. The molecule has 0 fully saturated rings. The van der Waals surface area contributed by atoms with Crippen molar-refractivity contribution in [3.8, 4) is 0 Å². The van der Waals surface area contributed by atoms with Crippen molar-refractivity contribution >= 4 is 11.6 Å². The van der Waals surface area contributed by atoms with Gasteiger partial charge in [0.25, 0.3) is 0 Å². The third kappa shape index (κ3) is 12.9. The summed E-state index contributed by atoms with van der Waals surface area (Å²) in [5.41, 5.74) is 0. The van der Waals surface area contributed by atoms with Crippen molar-refractivity contribution in [2.24, 2.45) is 0 Å². The highest BCUT2D eigenvalue weighted by molar-refractivity contribution is 6.23. The Bertz CT molecular complexity index is 86.3. The van der Waals surface area contributed by atoms with Crippen LogP contribution < -0.4 is 6.15 Å². The van der Waals surface area contributed by atoms with E-state index in [2.05, 4.69) is 20.8 Å². The van der Waals surface area contributed by atoms with E-state index in [1.165, 1.54) is 32.1 Å². The first kappa shape index (κ1) is 14.8. The highest BCUT2D eigenvalue weighted by Gasteiger charge is 2.11. The van der Waals surface area contributed by atoms with Crippen LogP contribution in [0.2, 0.25) is 0 Å². The molecule has 0 spiro atoms. The molecule has 1 nitrogen and oxygen atoms in total. The summed E-state index contributed by atoms with van der Waals surface area (Å²) in [6.45, 7) is 6.42. The Balaban J connectivity index is 0. The SMILES string of the molecule is CCCCCCCC(C)(C)Cl.N. The number of hydrogen-bond donors (Lipinski definition) is 1. The second kappa shape index (κ2) is 7.88. The van der Waals surface area contributed by atoms with Crippen LogP contribution in [0.5, 0.6) is 0 Å². The lowest BCUT2D eigenvalue weighted by atomic mass is 10.0. The third-order valence-corrected chi connectivity index (χ3v) is 2.06. The molecular weight excluding hydrogens is 170 g/mol. The van der Waals surface area contributed by atoms with E-state index in [0.29, 0.717) is 0 Å². The first-order chi connectivity index (χ1) is 5.06. The quantitative estimate of drug-likeness (QED) is 0.488. The molecule has 0 aromatic carbocycles. The molecule has 0 aliphatic carbocycles. The Morgan fingerprint density at radius 2 is 1.50 bits per heavy atom. The van der Waals surface area contributed by atoms with Crippen LogP contribution >= 0.6 is 11.6 Å². The molecule has 0 rings (SSSR count). The van der Waals surface area contributed by atoms with Crippen molar-refractivity contribution in [2.75, 3.05) is 0 Å². The first-order valence-electron chi connectivity index (χ1n) is 4.75. The second-order valence-corrected chi connectivity index (χ2v) is 4.91. The van der Waals surface area contributed by atoms with Crippen LogP contribution in [0.1, 0.15) is 59.3 Å². The van der Waals surface area contributed by atoms with Gasteiger partial charge in [0.15, 0.2) is 0 Å². The Kier molecular flexibility index (Phi) is 9.69. The summed E-state index contributed by atoms with van der Waals surface area (Å²) < 4.78 is 0. The number of halogens is 1. The van der Waals surface area contributed by atoms with Gasteiger partial charge in [0, 0.05) is 4.87 Å². The molecule has 0 amide bonds. The molecule has 0 aliphatic heterocycles. The molecule has 0 saturated carbocycles. The third-order valence-electron chi connectivity index (χ3n) is 1.87. The van der Waals surface area contributed by atoms with Gasteiger partial charge in [0.1, 0.15) is 0 Å². The van der Waals surface area contributed by atoms with E-state index in [0.717, 1.165) is 6.42 Å². The maximum Gasteiger partial charge on any atom is 0.0390 e. The highest BCUT2D eigenvalue weighted by atomic mass is 35.5. The molecular formula is C10H24ClN. The van der Waals surface area contributed by atoms with Crippen molar-refractivity contribution in [1.29, 1.82) is 0 Å². The van der Waals surface area contributed by atoms with Gasteiger partial charge < -0.3 is 6.15 Å². The zero-order valence-electron chi connectivity index (χ0n) is 8.83. The predicted molar refractivity (Wildman–Crippen MR) is 58.3 cm³/mol. The fraction of sp³-hybridized carbons (Fsp3) is 1.00. The lowest BCUT2D eigenvalue weighted by Gasteiger charge is -2.14. The van der Waals surface area contributed by atoms with Crippen LogP contribution in [0, 0.1) is 0 Å². The number of unbranched alkanes of at least 4 members (excludes halogenated alkanes) is 4. The van der Waals surface area contributed by atoms with E-state index in [1.54, 1.807) is 0 Å². The van der Waals surface area contributed by atoms with Crippen LogP contribution in [0.15, 0.2) is 0 Å². The smallest absolute Gasteiger partial charge is 0.0390 e. The van der Waals surface area contributed by atoms with Gasteiger partial charge in [-0.25, -0.2) is 0 Å². The molecule has 0 radical (unpaired) electrons. The van der Waals surface area contributed by atoms with Gasteiger partial charge in [-0.1, -0.05) is 39.0 Å². The summed E-state index contributed by atoms with van der Waals surface area (Å²) in [7, 11) is 0. The van der Waals surface area contributed by atoms with Gasteiger partial charge in [-0.05, 0) is 20.3 Å². The molecule has 3 N–H and O–H groups in total. The number of alkyl halides is 1. The van der Waals surface area contributed by atoms with Crippen molar-refractivity contribution in [1.82, 2.24) is 6.15 Å². The van der Waals surface area contributed by atoms with Gasteiger partial charge in [-0.2, -0.15) is 0 Å². The van der Waals surface area contributed by atoms with E-state index in [9.17, 15) is 0 Å². The summed E-state index contributed by atoms with van der Waals surface area (Å²) >= 11 is 6.05. The van der Waals surface area contributed by atoms with Crippen LogP contribution in [0.4, 0.5) is 0 Å². The Labute approximate surface area is 82.5 Å². The molecule has 0 saturated heterocycles. The molecule has 0 heterocycles. The van der Waals surface area contributed by atoms with E-state index >= 15 is 0 Å². The van der Waals surface area contributed by atoms with Crippen molar-refractivity contribution in [3.05, 3.63) is 0 Å². The average Bonchev–Trinajstić information content (AvgIpc) is 1.85. The largest absolute Gasteiger partial charge is 0.344 e. The average molecular weight is 194 g/mol. The summed E-state index contributed by atoms with van der Waals surface area (Å²) in [6.07, 6.45) is 7.87. The van der Waals surface area contributed by atoms with E-state index in [4.69, 9.17) is 11.6 Å². The Morgan fingerprint density at radius 1 is 1.00 bits per heavy atom. The predicted octanol–water partition coefficient (Wildman–Crippen LogP) is 4.53. The minimum absolute atomic E-state index is 0. The molecule has 76 valence electrons. The summed E-state index contributed by atoms with van der Waals surface area (Å²) in [6, 6.07) is 0. The van der Waals surface area contributed by atoms with Gasteiger partial charge in [0.05, 0.1) is 0 Å². The van der Waals surface area contributed by atoms with E-state index in [1.807, 2.05) is 0 Å². The zero-order valence-corrected chi connectivity index (χ0v) is 9.58. The highest BCUT2D eigenvalue weighted by Crippen LogP contribution is 2.21.